The van der Waals surface area contributed by atoms with E-state index in [1.807, 2.05) is 36.2 Å². The number of benzene rings is 4. The van der Waals surface area contributed by atoms with Crippen molar-refractivity contribution in [3.63, 3.8) is 0 Å². The van der Waals surface area contributed by atoms with E-state index in [1.165, 1.54) is 25.3 Å². The van der Waals surface area contributed by atoms with Crippen LogP contribution in [0.15, 0.2) is 91.0 Å². The fraction of sp³-hybridized carbons (Fsp3) is 0.133. The Morgan fingerprint density at radius 1 is 0.842 bits per heavy atom. The third kappa shape index (κ3) is 6.02. The van der Waals surface area contributed by atoms with Crippen molar-refractivity contribution in [1.82, 2.24) is 0 Å². The normalized spacial score (nSPS) is 10.7. The predicted octanol–water partition coefficient (Wildman–Crippen LogP) is 6.96. The van der Waals surface area contributed by atoms with E-state index in [0.717, 1.165) is 11.4 Å². The molecule has 0 aliphatic carbocycles. The number of carbonyl (C=O) groups excluding carboxylic acids is 1. The molecule has 0 spiro atoms. The Balaban J connectivity index is 1.69. The van der Waals surface area contributed by atoms with Crippen LogP contribution >= 0.6 is 11.6 Å². The molecule has 0 fully saturated rings. The van der Waals surface area contributed by atoms with Crippen LogP contribution in [-0.4, -0.2) is 44.2 Å². The zero-order chi connectivity index (χ0) is 27.2. The van der Waals surface area contributed by atoms with Crippen LogP contribution in [0.5, 0.6) is 0 Å². The first-order valence-corrected chi connectivity index (χ1v) is 12.2. The second-order valence-electron chi connectivity index (χ2n) is 8.58. The van der Waals surface area contributed by atoms with Crippen LogP contribution in [0.1, 0.15) is 26.3 Å². The molecule has 4 aromatic rings. The van der Waals surface area contributed by atoms with Gasteiger partial charge in [0, 0.05) is 53.9 Å². The number of carboxylic acid groups (broad SMARTS) is 1. The molecule has 0 bridgehead atoms. The molecule has 0 aromatic heterocycles. The number of ether oxygens (including phenoxy) is 1. The molecule has 6 nitrogen and oxygen atoms in total. The molecule has 0 saturated carbocycles. The van der Waals surface area contributed by atoms with E-state index < -0.39 is 11.8 Å². The number of hydrogen-bond acceptors (Lipinski definition) is 5. The molecule has 4 aromatic carbocycles. The highest BCUT2D eigenvalue weighted by molar-refractivity contribution is 6.30. The largest absolute Gasteiger partial charge is 0.478 e. The summed E-state index contributed by atoms with van der Waals surface area (Å²) in [6, 6.07) is 24.9. The monoisotopic (exact) mass is 532 g/mol. The van der Waals surface area contributed by atoms with E-state index in [-0.39, 0.29) is 35.7 Å². The second kappa shape index (κ2) is 11.9. The van der Waals surface area contributed by atoms with Crippen molar-refractivity contribution in [1.29, 1.82) is 0 Å². The standard InChI is InChI=1S/C30H26ClFN2O4/c1-33(25-13-9-23(31)10-14-25)24-11-7-20(8-12-24)29(35)21-17-22(30(36)37)19-26(18-21)34(15-16-38-2)28-6-4-3-5-27(28)32/h3-14,17-19H,15-16H2,1-2H3,(H,36,37). The van der Waals surface area contributed by atoms with Crippen molar-refractivity contribution in [2.75, 3.05) is 37.1 Å². The van der Waals surface area contributed by atoms with Gasteiger partial charge in [0.05, 0.1) is 17.9 Å². The van der Waals surface area contributed by atoms with Crippen LogP contribution in [-0.2, 0) is 4.74 Å². The Hall–Kier alpha value is -4.20. The molecular formula is C30H26ClFN2O4. The zero-order valence-electron chi connectivity index (χ0n) is 20.9. The molecule has 0 amide bonds. The molecular weight excluding hydrogens is 507 g/mol. The molecule has 38 heavy (non-hydrogen) atoms. The summed E-state index contributed by atoms with van der Waals surface area (Å²) in [6.45, 7) is 0.511. The number of nitrogens with zero attached hydrogens (tertiary/aromatic N) is 2. The quantitative estimate of drug-likeness (QED) is 0.223. The smallest absolute Gasteiger partial charge is 0.335 e. The minimum absolute atomic E-state index is 0.0799. The van der Waals surface area contributed by atoms with Crippen LogP contribution in [0, 0.1) is 5.82 Å². The molecule has 0 heterocycles. The number of ketones is 1. The molecule has 4 rings (SSSR count). The van der Waals surface area contributed by atoms with E-state index in [1.54, 1.807) is 53.4 Å². The topological polar surface area (TPSA) is 70.1 Å². The molecule has 0 radical (unpaired) electrons. The van der Waals surface area contributed by atoms with Gasteiger partial charge in [0.2, 0.25) is 0 Å². The van der Waals surface area contributed by atoms with Crippen LogP contribution in [0.4, 0.5) is 27.1 Å². The van der Waals surface area contributed by atoms with E-state index >= 15 is 0 Å². The average Bonchev–Trinajstić information content (AvgIpc) is 2.93. The van der Waals surface area contributed by atoms with Gasteiger partial charge in [-0.1, -0.05) is 23.7 Å². The van der Waals surface area contributed by atoms with Crippen molar-refractivity contribution in [3.8, 4) is 0 Å². The second-order valence-corrected chi connectivity index (χ2v) is 9.02. The molecule has 0 aliphatic heterocycles. The van der Waals surface area contributed by atoms with Gasteiger partial charge in [-0.15, -0.1) is 0 Å². The highest BCUT2D eigenvalue weighted by Gasteiger charge is 2.20. The number of para-hydroxylation sites is 1. The van der Waals surface area contributed by atoms with Gasteiger partial charge >= 0.3 is 5.97 Å². The number of anilines is 4. The number of halogens is 2. The van der Waals surface area contributed by atoms with Gasteiger partial charge in [0.25, 0.3) is 0 Å². The first kappa shape index (κ1) is 26.9. The summed E-state index contributed by atoms with van der Waals surface area (Å²) in [5.74, 6) is -2.02. The molecule has 0 unspecified atom stereocenters. The Labute approximate surface area is 225 Å². The van der Waals surface area contributed by atoms with Crippen molar-refractivity contribution in [2.45, 2.75) is 0 Å². The number of carboxylic acids is 1. The highest BCUT2D eigenvalue weighted by atomic mass is 35.5. The van der Waals surface area contributed by atoms with E-state index in [9.17, 15) is 19.1 Å². The van der Waals surface area contributed by atoms with E-state index in [2.05, 4.69) is 0 Å². The first-order valence-electron chi connectivity index (χ1n) is 11.8. The van der Waals surface area contributed by atoms with Gasteiger partial charge in [0.15, 0.2) is 5.78 Å². The molecule has 1 N–H and O–H groups in total. The van der Waals surface area contributed by atoms with E-state index in [4.69, 9.17) is 16.3 Å². The van der Waals surface area contributed by atoms with Gasteiger partial charge in [-0.05, 0) is 78.9 Å². The lowest BCUT2D eigenvalue weighted by Gasteiger charge is -2.26. The van der Waals surface area contributed by atoms with Crippen molar-refractivity contribution < 1.29 is 23.8 Å². The number of carbonyl (C=O) groups is 2. The van der Waals surface area contributed by atoms with Gasteiger partial charge in [0.1, 0.15) is 5.82 Å². The maximum Gasteiger partial charge on any atom is 0.335 e. The fourth-order valence-corrected chi connectivity index (χ4v) is 4.21. The van der Waals surface area contributed by atoms with Crippen LogP contribution in [0.2, 0.25) is 5.02 Å². The summed E-state index contributed by atoms with van der Waals surface area (Å²) in [5, 5.41) is 10.4. The summed E-state index contributed by atoms with van der Waals surface area (Å²) < 4.78 is 19.9. The predicted molar refractivity (Wildman–Crippen MR) is 148 cm³/mol. The van der Waals surface area contributed by atoms with Crippen molar-refractivity contribution in [2.24, 2.45) is 0 Å². The molecule has 0 aliphatic rings. The minimum atomic E-state index is -1.19. The lowest BCUT2D eigenvalue weighted by Crippen LogP contribution is -2.23. The summed E-state index contributed by atoms with van der Waals surface area (Å²) >= 11 is 5.98. The van der Waals surface area contributed by atoms with Gasteiger partial charge in [-0.3, -0.25) is 4.79 Å². The summed E-state index contributed by atoms with van der Waals surface area (Å²) in [6.07, 6.45) is 0. The summed E-state index contributed by atoms with van der Waals surface area (Å²) in [7, 11) is 3.43. The van der Waals surface area contributed by atoms with E-state index in [0.29, 0.717) is 16.3 Å². The average molecular weight is 533 g/mol. The Bertz CT molecular complexity index is 1440. The van der Waals surface area contributed by atoms with Crippen LogP contribution in [0.25, 0.3) is 0 Å². The summed E-state index contributed by atoms with van der Waals surface area (Å²) in [5.41, 5.74) is 2.89. The Kier molecular flexibility index (Phi) is 8.41. The lowest BCUT2D eigenvalue weighted by atomic mass is 9.99. The van der Waals surface area contributed by atoms with Gasteiger partial charge in [-0.25, -0.2) is 9.18 Å². The maximum atomic E-state index is 14.7. The highest BCUT2D eigenvalue weighted by Crippen LogP contribution is 2.31. The third-order valence-electron chi connectivity index (χ3n) is 6.13. The first-order chi connectivity index (χ1) is 18.3. The van der Waals surface area contributed by atoms with Gasteiger partial charge < -0.3 is 19.6 Å². The van der Waals surface area contributed by atoms with Crippen molar-refractivity contribution in [3.05, 3.63) is 119 Å². The zero-order valence-corrected chi connectivity index (χ0v) is 21.7. The lowest BCUT2D eigenvalue weighted by molar-refractivity contribution is 0.0697. The van der Waals surface area contributed by atoms with Gasteiger partial charge in [-0.2, -0.15) is 0 Å². The van der Waals surface area contributed by atoms with Crippen LogP contribution in [0.3, 0.4) is 0 Å². The number of rotatable bonds is 10. The summed E-state index contributed by atoms with van der Waals surface area (Å²) in [4.78, 5) is 29.0. The molecule has 0 atom stereocenters. The fourth-order valence-electron chi connectivity index (χ4n) is 4.08. The number of aromatic carboxylic acids is 1. The number of methoxy groups -OCH3 is 1. The molecule has 194 valence electrons. The Morgan fingerprint density at radius 2 is 1.45 bits per heavy atom. The molecule has 8 heteroatoms. The maximum absolute atomic E-state index is 14.7. The van der Waals surface area contributed by atoms with Crippen molar-refractivity contribution >= 4 is 46.1 Å². The number of hydrogen-bond donors (Lipinski definition) is 1. The van der Waals surface area contributed by atoms with Crippen LogP contribution < -0.4 is 9.80 Å². The Morgan fingerprint density at radius 3 is 2.05 bits per heavy atom. The SMILES string of the molecule is COCCN(c1cc(C(=O)O)cc(C(=O)c2ccc(N(C)c3ccc(Cl)cc3)cc2)c1)c1ccccc1F. The third-order valence-corrected chi connectivity index (χ3v) is 6.38. The minimum Gasteiger partial charge on any atom is -0.478 e. The molecule has 0 saturated heterocycles.